The van der Waals surface area contributed by atoms with Gasteiger partial charge in [0.15, 0.2) is 5.78 Å². The maximum Gasteiger partial charge on any atom is 0.169 e. The average Bonchev–Trinajstić information content (AvgIpc) is 2.23. The Morgan fingerprint density at radius 3 is 2.17 bits per heavy atom. The lowest BCUT2D eigenvalue weighted by molar-refractivity contribution is 0.0858. The molecular formula is C16H22OSi. The van der Waals surface area contributed by atoms with Crippen LogP contribution in [-0.2, 0) is 0 Å². The minimum Gasteiger partial charge on any atom is -0.294 e. The summed E-state index contributed by atoms with van der Waals surface area (Å²) in [5.41, 5.74) is 4.56. The molecule has 1 nitrogen and oxygen atoms in total. The SMILES string of the molecule is CC(C)(C)C(=O)c1ccccc1C#C[Si](C)(C)C. The molecule has 96 valence electrons. The van der Waals surface area contributed by atoms with Gasteiger partial charge in [0.05, 0.1) is 0 Å². The minimum atomic E-state index is -1.42. The summed E-state index contributed by atoms with van der Waals surface area (Å²) in [7, 11) is -1.42. The molecule has 0 atom stereocenters. The highest BCUT2D eigenvalue weighted by atomic mass is 28.3. The first-order chi connectivity index (χ1) is 8.11. The third-order valence-corrected chi connectivity index (χ3v) is 3.30. The zero-order valence-corrected chi connectivity index (χ0v) is 13.2. The molecule has 0 spiro atoms. The van der Waals surface area contributed by atoms with Crippen molar-refractivity contribution in [1.29, 1.82) is 0 Å². The first-order valence-corrected chi connectivity index (χ1v) is 9.78. The van der Waals surface area contributed by atoms with Gasteiger partial charge in [-0.15, -0.1) is 5.54 Å². The molecule has 0 N–H and O–H groups in total. The molecule has 2 heteroatoms. The maximum absolute atomic E-state index is 12.4. The molecule has 1 aromatic carbocycles. The summed E-state index contributed by atoms with van der Waals surface area (Å²) in [4.78, 5) is 12.4. The molecule has 1 aromatic rings. The van der Waals surface area contributed by atoms with Gasteiger partial charge in [0, 0.05) is 16.5 Å². The molecule has 0 saturated heterocycles. The molecule has 1 rings (SSSR count). The van der Waals surface area contributed by atoms with Gasteiger partial charge >= 0.3 is 0 Å². The van der Waals surface area contributed by atoms with Gasteiger partial charge < -0.3 is 0 Å². The van der Waals surface area contributed by atoms with Crippen LogP contribution >= 0.6 is 0 Å². The Morgan fingerprint density at radius 2 is 1.67 bits per heavy atom. The quantitative estimate of drug-likeness (QED) is 0.420. The fraction of sp³-hybridized carbons (Fsp3) is 0.438. The minimum absolute atomic E-state index is 0.156. The van der Waals surface area contributed by atoms with Gasteiger partial charge in [-0.25, -0.2) is 0 Å². The fourth-order valence-corrected chi connectivity index (χ4v) is 1.96. The van der Waals surface area contributed by atoms with Crippen LogP contribution < -0.4 is 0 Å². The highest BCUT2D eigenvalue weighted by molar-refractivity contribution is 6.83. The predicted molar refractivity (Wildman–Crippen MR) is 80.5 cm³/mol. The van der Waals surface area contributed by atoms with Crippen LogP contribution in [0.15, 0.2) is 24.3 Å². The highest BCUT2D eigenvalue weighted by Crippen LogP contribution is 2.22. The summed E-state index contributed by atoms with van der Waals surface area (Å²) < 4.78 is 0. The molecule has 0 amide bonds. The van der Waals surface area contributed by atoms with Crippen molar-refractivity contribution < 1.29 is 4.79 Å². The second-order valence-corrected chi connectivity index (χ2v) is 11.4. The van der Waals surface area contributed by atoms with E-state index in [2.05, 4.69) is 31.1 Å². The van der Waals surface area contributed by atoms with E-state index in [9.17, 15) is 4.79 Å². The monoisotopic (exact) mass is 258 g/mol. The number of carbonyl (C=O) groups excluding carboxylic acids is 1. The fourth-order valence-electron chi connectivity index (χ4n) is 1.45. The molecule has 0 aliphatic carbocycles. The van der Waals surface area contributed by atoms with Crippen LogP contribution in [0.25, 0.3) is 0 Å². The number of hydrogen-bond acceptors (Lipinski definition) is 1. The first-order valence-electron chi connectivity index (χ1n) is 6.28. The zero-order chi connectivity index (χ0) is 14.0. The van der Waals surface area contributed by atoms with Crippen LogP contribution in [0.3, 0.4) is 0 Å². The molecule has 0 bridgehead atoms. The average molecular weight is 258 g/mol. The topological polar surface area (TPSA) is 17.1 Å². The number of carbonyl (C=O) groups is 1. The second kappa shape index (κ2) is 5.12. The summed E-state index contributed by atoms with van der Waals surface area (Å²) in [6.45, 7) is 12.4. The first kappa shape index (κ1) is 14.7. The normalized spacial score (nSPS) is 11.7. The Kier molecular flexibility index (Phi) is 4.19. The molecule has 0 aliphatic rings. The van der Waals surface area contributed by atoms with E-state index in [4.69, 9.17) is 0 Å². The molecule has 0 aromatic heterocycles. The molecule has 0 aliphatic heterocycles. The molecule has 0 heterocycles. The van der Waals surface area contributed by atoms with E-state index in [1.807, 2.05) is 45.0 Å². The van der Waals surface area contributed by atoms with E-state index in [-0.39, 0.29) is 11.2 Å². The lowest BCUT2D eigenvalue weighted by atomic mass is 9.85. The van der Waals surface area contributed by atoms with E-state index < -0.39 is 8.07 Å². The summed E-state index contributed by atoms with van der Waals surface area (Å²) in [6.07, 6.45) is 0. The number of Topliss-reactive ketones (excluding diaryl/α,β-unsaturated/α-hetero) is 1. The molecule has 0 radical (unpaired) electrons. The number of benzene rings is 1. The van der Waals surface area contributed by atoms with Crippen molar-refractivity contribution in [2.24, 2.45) is 5.41 Å². The van der Waals surface area contributed by atoms with E-state index in [1.165, 1.54) is 0 Å². The maximum atomic E-state index is 12.4. The predicted octanol–water partition coefficient (Wildman–Crippen LogP) is 4.14. The number of rotatable bonds is 1. The smallest absolute Gasteiger partial charge is 0.169 e. The molecule has 18 heavy (non-hydrogen) atoms. The van der Waals surface area contributed by atoms with Crippen molar-refractivity contribution in [3.05, 3.63) is 35.4 Å². The van der Waals surface area contributed by atoms with Crippen LogP contribution in [0.1, 0.15) is 36.7 Å². The van der Waals surface area contributed by atoms with Gasteiger partial charge in [0.1, 0.15) is 8.07 Å². The molecule has 0 unspecified atom stereocenters. The molecule has 0 fully saturated rings. The van der Waals surface area contributed by atoms with Gasteiger partial charge in [0.2, 0.25) is 0 Å². The van der Waals surface area contributed by atoms with Crippen LogP contribution in [-0.4, -0.2) is 13.9 Å². The van der Waals surface area contributed by atoms with Crippen LogP contribution in [0.5, 0.6) is 0 Å². The Balaban J connectivity index is 3.23. The third-order valence-electron chi connectivity index (χ3n) is 2.43. The summed E-state index contributed by atoms with van der Waals surface area (Å²) in [6, 6.07) is 7.65. The third kappa shape index (κ3) is 4.16. The lowest BCUT2D eigenvalue weighted by Crippen LogP contribution is -2.21. The van der Waals surface area contributed by atoms with Crippen LogP contribution in [0, 0.1) is 16.9 Å². The van der Waals surface area contributed by atoms with Gasteiger partial charge in [-0.2, -0.15) is 0 Å². The Labute approximate surface area is 112 Å². The van der Waals surface area contributed by atoms with Crippen molar-refractivity contribution in [3.63, 3.8) is 0 Å². The van der Waals surface area contributed by atoms with E-state index in [0.717, 1.165) is 11.1 Å². The Morgan fingerprint density at radius 1 is 1.11 bits per heavy atom. The second-order valence-electron chi connectivity index (χ2n) is 6.62. The molecule has 0 saturated carbocycles. The van der Waals surface area contributed by atoms with Gasteiger partial charge in [0.25, 0.3) is 0 Å². The Hall–Kier alpha value is -1.33. The van der Waals surface area contributed by atoms with Gasteiger partial charge in [-0.05, 0) is 6.07 Å². The number of ketones is 1. The highest BCUT2D eigenvalue weighted by Gasteiger charge is 2.24. The largest absolute Gasteiger partial charge is 0.294 e. The zero-order valence-electron chi connectivity index (χ0n) is 12.2. The number of hydrogen-bond donors (Lipinski definition) is 0. The van der Waals surface area contributed by atoms with E-state index in [0.29, 0.717) is 0 Å². The van der Waals surface area contributed by atoms with Crippen molar-refractivity contribution in [3.8, 4) is 11.5 Å². The van der Waals surface area contributed by atoms with E-state index in [1.54, 1.807) is 0 Å². The van der Waals surface area contributed by atoms with Crippen molar-refractivity contribution in [2.45, 2.75) is 40.4 Å². The lowest BCUT2D eigenvalue weighted by Gasteiger charge is -2.17. The summed E-state index contributed by atoms with van der Waals surface area (Å²) in [5.74, 6) is 3.35. The Bertz CT molecular complexity index is 504. The standard InChI is InChI=1S/C16H22OSi/c1-16(2,3)15(17)14-10-8-7-9-13(14)11-12-18(4,5)6/h7-10H,1-6H3. The van der Waals surface area contributed by atoms with Crippen LogP contribution in [0.2, 0.25) is 19.6 Å². The van der Waals surface area contributed by atoms with Crippen molar-refractivity contribution in [1.82, 2.24) is 0 Å². The summed E-state index contributed by atoms with van der Waals surface area (Å²) in [5, 5.41) is 0. The van der Waals surface area contributed by atoms with Gasteiger partial charge in [-0.3, -0.25) is 4.79 Å². The molecular weight excluding hydrogens is 236 g/mol. The van der Waals surface area contributed by atoms with Gasteiger partial charge in [-0.1, -0.05) is 64.5 Å². The van der Waals surface area contributed by atoms with E-state index >= 15 is 0 Å². The van der Waals surface area contributed by atoms with Crippen LogP contribution in [0.4, 0.5) is 0 Å². The van der Waals surface area contributed by atoms with Crippen molar-refractivity contribution in [2.75, 3.05) is 0 Å². The van der Waals surface area contributed by atoms with Crippen molar-refractivity contribution >= 4 is 13.9 Å². The summed E-state index contributed by atoms with van der Waals surface area (Å²) >= 11 is 0.